The Balaban J connectivity index is 1.50. The summed E-state index contributed by atoms with van der Waals surface area (Å²) in [6, 6.07) is 10.8. The van der Waals surface area contributed by atoms with E-state index in [1.54, 1.807) is 36.2 Å². The van der Waals surface area contributed by atoms with Gasteiger partial charge in [-0.3, -0.25) is 9.59 Å². The number of amides is 2. The number of likely N-dealkylation sites (tertiary alicyclic amines) is 1. The van der Waals surface area contributed by atoms with Crippen molar-refractivity contribution in [2.24, 2.45) is 5.92 Å². The molecule has 3 rings (SSSR count). The summed E-state index contributed by atoms with van der Waals surface area (Å²) in [5, 5.41) is 3.33. The summed E-state index contributed by atoms with van der Waals surface area (Å²) in [7, 11) is 0. The molecule has 1 aromatic heterocycles. The zero-order valence-corrected chi connectivity index (χ0v) is 16.8. The Kier molecular flexibility index (Phi) is 6.52. The van der Waals surface area contributed by atoms with E-state index in [-0.39, 0.29) is 17.7 Å². The Hall–Kier alpha value is -2.60. The van der Waals surface area contributed by atoms with Crippen molar-refractivity contribution in [3.8, 4) is 5.75 Å². The first-order chi connectivity index (χ1) is 13.4. The van der Waals surface area contributed by atoms with E-state index in [1.807, 2.05) is 25.1 Å². The van der Waals surface area contributed by atoms with E-state index in [9.17, 15) is 9.59 Å². The Morgan fingerprint density at radius 1 is 1.21 bits per heavy atom. The Labute approximate surface area is 169 Å². The minimum absolute atomic E-state index is 0.0520. The lowest BCUT2D eigenvalue weighted by Gasteiger charge is -2.33. The topological polar surface area (TPSA) is 71.5 Å². The molecule has 28 heavy (non-hydrogen) atoms. The molecule has 0 saturated carbocycles. The maximum atomic E-state index is 12.7. The molecule has 0 spiro atoms. The van der Waals surface area contributed by atoms with Gasteiger partial charge in [-0.25, -0.2) is 4.98 Å². The summed E-state index contributed by atoms with van der Waals surface area (Å²) < 4.78 is 5.71. The van der Waals surface area contributed by atoms with Crippen molar-refractivity contribution in [2.45, 2.75) is 32.8 Å². The number of benzene rings is 1. The van der Waals surface area contributed by atoms with Crippen LogP contribution in [-0.4, -0.2) is 40.9 Å². The smallest absolute Gasteiger partial charge is 0.263 e. The number of anilines is 1. The van der Waals surface area contributed by atoms with Crippen molar-refractivity contribution in [1.29, 1.82) is 0 Å². The van der Waals surface area contributed by atoms with Crippen molar-refractivity contribution in [3.05, 3.63) is 53.2 Å². The monoisotopic (exact) mass is 401 g/mol. The Bertz CT molecular complexity index is 833. The van der Waals surface area contributed by atoms with Crippen LogP contribution in [-0.2, 0) is 9.59 Å². The molecule has 148 valence electrons. The van der Waals surface area contributed by atoms with Crippen LogP contribution in [0.5, 0.6) is 5.75 Å². The molecule has 0 bridgehead atoms. The molecule has 2 aromatic rings. The molecule has 7 heteroatoms. The van der Waals surface area contributed by atoms with Crippen LogP contribution in [0.1, 0.15) is 25.3 Å². The third-order valence-corrected chi connectivity index (χ3v) is 5.14. The summed E-state index contributed by atoms with van der Waals surface area (Å²) >= 11 is 6.09. The van der Waals surface area contributed by atoms with E-state index < -0.39 is 6.10 Å². The highest BCUT2D eigenvalue weighted by Gasteiger charge is 2.30. The zero-order chi connectivity index (χ0) is 20.1. The predicted octanol–water partition coefficient (Wildman–Crippen LogP) is 3.69. The van der Waals surface area contributed by atoms with Crippen LogP contribution in [0.15, 0.2) is 42.6 Å². The fourth-order valence-electron chi connectivity index (χ4n) is 3.17. The molecular weight excluding hydrogens is 378 g/mol. The molecule has 1 unspecified atom stereocenters. The molecule has 1 aromatic carbocycles. The van der Waals surface area contributed by atoms with Crippen LogP contribution < -0.4 is 10.1 Å². The molecule has 1 saturated heterocycles. The second-order valence-corrected chi connectivity index (χ2v) is 7.41. The number of aromatic nitrogens is 1. The number of halogens is 1. The number of piperidine rings is 1. The van der Waals surface area contributed by atoms with Gasteiger partial charge in [0.25, 0.3) is 5.91 Å². The molecular formula is C21H24ClN3O3. The van der Waals surface area contributed by atoms with Crippen LogP contribution in [0, 0.1) is 12.8 Å². The van der Waals surface area contributed by atoms with Gasteiger partial charge in [0, 0.05) is 25.2 Å². The van der Waals surface area contributed by atoms with Crippen molar-refractivity contribution < 1.29 is 14.3 Å². The number of nitrogens with one attached hydrogen (secondary N) is 1. The maximum absolute atomic E-state index is 12.7. The van der Waals surface area contributed by atoms with Gasteiger partial charge in [0.15, 0.2) is 6.10 Å². The number of ether oxygens (including phenoxy) is 1. The minimum Gasteiger partial charge on any atom is -0.479 e. The highest BCUT2D eigenvalue weighted by molar-refractivity contribution is 6.32. The SMILES string of the molecule is Cc1ccc(NC(=O)C2CCN(C(=O)C(C)Oc3ccccc3Cl)CC2)nc1. The highest BCUT2D eigenvalue weighted by atomic mass is 35.5. The molecule has 6 nitrogen and oxygen atoms in total. The summed E-state index contributed by atoms with van der Waals surface area (Å²) in [5.74, 6) is 0.760. The average Bonchev–Trinajstić information content (AvgIpc) is 2.71. The number of rotatable bonds is 5. The van der Waals surface area contributed by atoms with Gasteiger partial charge in [0.05, 0.1) is 5.02 Å². The fraction of sp³-hybridized carbons (Fsp3) is 0.381. The summed E-state index contributed by atoms with van der Waals surface area (Å²) in [6.45, 7) is 4.71. The number of aryl methyl sites for hydroxylation is 1. The average molecular weight is 402 g/mol. The molecule has 2 heterocycles. The Morgan fingerprint density at radius 2 is 1.93 bits per heavy atom. The van der Waals surface area contributed by atoms with Gasteiger partial charge in [-0.2, -0.15) is 0 Å². The van der Waals surface area contributed by atoms with Crippen LogP contribution in [0.2, 0.25) is 5.02 Å². The number of hydrogen-bond acceptors (Lipinski definition) is 4. The van der Waals surface area contributed by atoms with Crippen LogP contribution >= 0.6 is 11.6 Å². The second-order valence-electron chi connectivity index (χ2n) is 7.00. The fourth-order valence-corrected chi connectivity index (χ4v) is 3.35. The van der Waals surface area contributed by atoms with Gasteiger partial charge in [0.1, 0.15) is 11.6 Å². The van der Waals surface area contributed by atoms with Crippen LogP contribution in [0.25, 0.3) is 0 Å². The molecule has 0 aliphatic carbocycles. The lowest BCUT2D eigenvalue weighted by molar-refractivity contribution is -0.140. The molecule has 1 aliphatic heterocycles. The quantitative estimate of drug-likeness (QED) is 0.829. The largest absolute Gasteiger partial charge is 0.479 e. The second kappa shape index (κ2) is 9.06. The first kappa shape index (κ1) is 20.1. The number of carbonyl (C=O) groups excluding carboxylic acids is 2. The summed E-state index contributed by atoms with van der Waals surface area (Å²) in [6.07, 6.45) is 2.31. The molecule has 1 N–H and O–H groups in total. The summed E-state index contributed by atoms with van der Waals surface area (Å²) in [4.78, 5) is 31.1. The standard InChI is InChI=1S/C21H24ClN3O3/c1-14-7-8-19(23-13-14)24-20(26)16-9-11-25(12-10-16)21(27)15(2)28-18-6-4-3-5-17(18)22/h3-8,13,15-16H,9-12H2,1-2H3,(H,23,24,26). The van der Waals surface area contributed by atoms with Gasteiger partial charge in [-0.15, -0.1) is 0 Å². The number of nitrogens with zero attached hydrogens (tertiary/aromatic N) is 2. The van der Waals surface area contributed by atoms with Crippen LogP contribution in [0.4, 0.5) is 5.82 Å². The number of para-hydroxylation sites is 1. The van der Waals surface area contributed by atoms with Crippen molar-refractivity contribution in [1.82, 2.24) is 9.88 Å². The van der Waals surface area contributed by atoms with E-state index >= 15 is 0 Å². The lowest BCUT2D eigenvalue weighted by atomic mass is 9.95. The van der Waals surface area contributed by atoms with Gasteiger partial charge >= 0.3 is 0 Å². The summed E-state index contributed by atoms with van der Waals surface area (Å²) in [5.41, 5.74) is 1.04. The number of hydrogen-bond donors (Lipinski definition) is 1. The zero-order valence-electron chi connectivity index (χ0n) is 16.0. The molecule has 1 aliphatic rings. The van der Waals surface area contributed by atoms with Gasteiger partial charge in [-0.05, 0) is 50.5 Å². The maximum Gasteiger partial charge on any atom is 0.263 e. The third kappa shape index (κ3) is 5.01. The van der Waals surface area contributed by atoms with Crippen molar-refractivity contribution in [3.63, 3.8) is 0 Å². The minimum atomic E-state index is -0.637. The van der Waals surface area contributed by atoms with E-state index in [1.165, 1.54) is 0 Å². The van der Waals surface area contributed by atoms with Crippen LogP contribution in [0.3, 0.4) is 0 Å². The van der Waals surface area contributed by atoms with Gasteiger partial charge < -0.3 is 15.0 Å². The molecule has 0 radical (unpaired) electrons. The van der Waals surface area contributed by atoms with Crippen molar-refractivity contribution >= 4 is 29.2 Å². The van der Waals surface area contributed by atoms with E-state index in [4.69, 9.17) is 16.3 Å². The number of carbonyl (C=O) groups is 2. The third-order valence-electron chi connectivity index (χ3n) is 4.83. The predicted molar refractivity (Wildman–Crippen MR) is 108 cm³/mol. The van der Waals surface area contributed by atoms with E-state index in [0.29, 0.717) is 42.5 Å². The van der Waals surface area contributed by atoms with Crippen molar-refractivity contribution in [2.75, 3.05) is 18.4 Å². The van der Waals surface area contributed by atoms with E-state index in [2.05, 4.69) is 10.3 Å². The highest BCUT2D eigenvalue weighted by Crippen LogP contribution is 2.25. The first-order valence-electron chi connectivity index (χ1n) is 9.37. The molecule has 2 amide bonds. The molecule has 1 fully saturated rings. The molecule has 1 atom stereocenters. The Morgan fingerprint density at radius 3 is 2.57 bits per heavy atom. The first-order valence-corrected chi connectivity index (χ1v) is 9.75. The van der Waals surface area contributed by atoms with E-state index in [0.717, 1.165) is 5.56 Å². The van der Waals surface area contributed by atoms with Gasteiger partial charge in [-0.1, -0.05) is 29.8 Å². The van der Waals surface area contributed by atoms with Gasteiger partial charge in [0.2, 0.25) is 5.91 Å². The lowest BCUT2D eigenvalue weighted by Crippen LogP contribution is -2.46. The number of pyridine rings is 1. The normalized spacial score (nSPS) is 15.8.